The fourth-order valence-electron chi connectivity index (χ4n) is 15.9. The highest BCUT2D eigenvalue weighted by Gasteiger charge is 2.58. The molecule has 4 bridgehead atoms. The first kappa shape index (κ1) is 49.3. The molecule has 14 heteroatoms. The second-order valence-corrected chi connectivity index (χ2v) is 25.2. The second-order valence-electron chi connectivity index (χ2n) is 25.2. The van der Waals surface area contributed by atoms with E-state index >= 15 is 0 Å². The molecule has 2 aliphatic heterocycles. The molecule has 6 fully saturated rings. The number of imidazole rings is 2. The minimum absolute atomic E-state index is 0.0861. The Morgan fingerprint density at radius 2 is 1.01 bits per heavy atom. The number of nitrogens with one attached hydrogen (secondary N) is 4. The fourth-order valence-corrected chi connectivity index (χ4v) is 15.9. The summed E-state index contributed by atoms with van der Waals surface area (Å²) in [5.74, 6) is 4.90. The third-order valence-electron chi connectivity index (χ3n) is 19.7. The number of rotatable bonds is 13. The second kappa shape index (κ2) is 18.9. The zero-order chi connectivity index (χ0) is 54.2. The molecule has 2 aromatic heterocycles. The van der Waals surface area contributed by atoms with Gasteiger partial charge in [0.15, 0.2) is 0 Å². The van der Waals surface area contributed by atoms with Gasteiger partial charge in [0.1, 0.15) is 35.2 Å². The Bertz CT molecular complexity index is 3650. The summed E-state index contributed by atoms with van der Waals surface area (Å²) in [5, 5.41) is 5.81. The Hall–Kier alpha value is -7.74. The zero-order valence-electron chi connectivity index (χ0n) is 45.8. The Morgan fingerprint density at radius 3 is 1.54 bits per heavy atom. The average Bonchev–Trinajstić information content (AvgIpc) is 4.28. The maximum atomic E-state index is 14.5. The summed E-state index contributed by atoms with van der Waals surface area (Å²) in [6, 6.07) is 32.5. The molecule has 408 valence electrons. The molecule has 0 spiro atoms. The van der Waals surface area contributed by atoms with E-state index in [0.717, 1.165) is 54.1 Å². The molecule has 0 radical (unpaired) electrons. The van der Waals surface area contributed by atoms with Gasteiger partial charge in [0.05, 0.1) is 35.0 Å². The number of aromatic amines is 2. The summed E-state index contributed by atoms with van der Waals surface area (Å²) in [6.45, 7) is 7.85. The van der Waals surface area contributed by atoms with E-state index in [1.54, 1.807) is 24.3 Å². The standard InChI is InChI=1S/C66H68N8O6/c1-33(2)59(71-65(77)79-42-11-7-5-8-12-42)63(75)73-51-28-40(51)30-53(73)61-67-32-50(70-61)47-23-22-46(57-38-17-18-39(26-38)58(47)57)45-21-20-44(55-36-15-16-37(25-36)56(45)55)35-19-24-48-49(27-35)69-62(68-48)54-31-41-29-52(41)74(54)64(76)60(34(3)4)72-66(78)80-43-13-9-6-10-14-43/h5-14,19-24,27,32-34,36-41,51-54,59-60H,15-18,25-26,28-31H2,1-4H3,(H,67,70)(H,68,69)(H,71,77)(H,72,78)/t36?,37?,38?,39?,40?,41?,51?,52?,53-,54-,59-,60-/m0/s1. The largest absolute Gasteiger partial charge is 0.413 e. The summed E-state index contributed by atoms with van der Waals surface area (Å²) in [4.78, 5) is 76.9. The van der Waals surface area contributed by atoms with Crippen LogP contribution in [-0.4, -0.2) is 77.9 Å². The predicted octanol–water partition coefficient (Wildman–Crippen LogP) is 13.0. The zero-order valence-corrected chi connectivity index (χ0v) is 45.8. The van der Waals surface area contributed by atoms with Crippen molar-refractivity contribution in [3.05, 3.63) is 143 Å². The molecule has 4 N–H and O–H groups in total. The van der Waals surface area contributed by atoms with Crippen molar-refractivity contribution in [2.45, 2.75) is 152 Å². The van der Waals surface area contributed by atoms with Crippen molar-refractivity contribution in [2.75, 3.05) is 0 Å². The molecule has 12 atom stereocenters. The van der Waals surface area contributed by atoms with Gasteiger partial charge in [0.25, 0.3) is 0 Å². The van der Waals surface area contributed by atoms with Crippen LogP contribution in [0.25, 0.3) is 44.5 Å². The topological polar surface area (TPSA) is 175 Å². The van der Waals surface area contributed by atoms with E-state index < -0.39 is 24.3 Å². The maximum Gasteiger partial charge on any atom is 0.413 e. The minimum atomic E-state index is -0.739. The number of benzene rings is 5. The molecule has 6 aliphatic carbocycles. The lowest BCUT2D eigenvalue weighted by molar-refractivity contribution is -0.137. The number of hydrogen-bond donors (Lipinski definition) is 4. The van der Waals surface area contributed by atoms with Crippen molar-refractivity contribution in [3.63, 3.8) is 0 Å². The van der Waals surface area contributed by atoms with Crippen LogP contribution >= 0.6 is 0 Å². The van der Waals surface area contributed by atoms with Crippen LogP contribution < -0.4 is 20.1 Å². The highest BCUT2D eigenvalue weighted by molar-refractivity contribution is 5.91. The number of ether oxygens (including phenoxy) is 2. The smallest absolute Gasteiger partial charge is 0.410 e. The third-order valence-corrected chi connectivity index (χ3v) is 19.7. The molecular weight excluding hydrogens is 1000 g/mol. The highest BCUT2D eigenvalue weighted by Crippen LogP contribution is 2.63. The molecule has 4 saturated carbocycles. The van der Waals surface area contributed by atoms with E-state index in [-0.39, 0.29) is 47.8 Å². The predicted molar refractivity (Wildman–Crippen MR) is 304 cm³/mol. The average molecular weight is 1070 g/mol. The number of hydrogen-bond acceptors (Lipinski definition) is 8. The van der Waals surface area contributed by atoms with Gasteiger partial charge in [-0.05, 0) is 192 Å². The van der Waals surface area contributed by atoms with Gasteiger partial charge in [-0.25, -0.2) is 19.6 Å². The molecule has 5 aromatic carbocycles. The normalized spacial score (nSPS) is 26.8. The minimum Gasteiger partial charge on any atom is -0.410 e. The van der Waals surface area contributed by atoms with E-state index in [0.29, 0.717) is 47.0 Å². The molecule has 80 heavy (non-hydrogen) atoms. The van der Waals surface area contributed by atoms with Crippen LogP contribution in [0.5, 0.6) is 11.5 Å². The fraction of sp³-hybridized carbons (Fsp3) is 0.424. The molecule has 8 unspecified atom stereocenters. The van der Waals surface area contributed by atoms with E-state index in [1.165, 1.54) is 88.6 Å². The highest BCUT2D eigenvalue weighted by atomic mass is 16.6. The number of piperidine rings is 2. The summed E-state index contributed by atoms with van der Waals surface area (Å²) < 4.78 is 11.1. The lowest BCUT2D eigenvalue weighted by atomic mass is 9.77. The molecule has 4 heterocycles. The monoisotopic (exact) mass is 1070 g/mol. The van der Waals surface area contributed by atoms with Crippen molar-refractivity contribution in [1.29, 1.82) is 0 Å². The molecule has 2 saturated heterocycles. The van der Waals surface area contributed by atoms with E-state index in [1.807, 2.05) is 80.1 Å². The number of amides is 4. The van der Waals surface area contributed by atoms with Crippen LogP contribution in [0.15, 0.2) is 109 Å². The number of carbonyl (C=O) groups excluding carboxylic acids is 4. The Kier molecular flexibility index (Phi) is 11.7. The third kappa shape index (κ3) is 8.24. The summed E-state index contributed by atoms with van der Waals surface area (Å²) in [7, 11) is 0. The number of likely N-dealkylation sites (tertiary alicyclic amines) is 2. The Morgan fingerprint density at radius 1 is 0.537 bits per heavy atom. The Balaban J connectivity index is 0.705. The summed E-state index contributed by atoms with van der Waals surface area (Å²) in [6.07, 6.45) is 11.5. The van der Waals surface area contributed by atoms with Crippen LogP contribution in [0.2, 0.25) is 0 Å². The van der Waals surface area contributed by atoms with Crippen molar-refractivity contribution in [1.82, 2.24) is 40.4 Å². The number of aromatic nitrogens is 4. The maximum absolute atomic E-state index is 14.5. The lowest BCUT2D eigenvalue weighted by Gasteiger charge is -2.32. The molecule has 7 aromatic rings. The van der Waals surface area contributed by atoms with Crippen molar-refractivity contribution in [3.8, 4) is 45.0 Å². The van der Waals surface area contributed by atoms with Gasteiger partial charge in [-0.2, -0.15) is 0 Å². The van der Waals surface area contributed by atoms with Gasteiger partial charge in [-0.3, -0.25) is 9.59 Å². The van der Waals surface area contributed by atoms with Crippen LogP contribution in [-0.2, 0) is 9.59 Å². The summed E-state index contributed by atoms with van der Waals surface area (Å²) in [5.41, 5.74) is 15.4. The van der Waals surface area contributed by atoms with E-state index in [2.05, 4.69) is 63.1 Å². The van der Waals surface area contributed by atoms with Crippen LogP contribution in [0.3, 0.4) is 0 Å². The first-order chi connectivity index (χ1) is 38.9. The van der Waals surface area contributed by atoms with Gasteiger partial charge in [-0.1, -0.05) is 94.4 Å². The van der Waals surface area contributed by atoms with Gasteiger partial charge in [-0.15, -0.1) is 0 Å². The van der Waals surface area contributed by atoms with Crippen molar-refractivity contribution in [2.24, 2.45) is 23.7 Å². The molecular formula is C66H68N8O6. The number of nitrogens with zero attached hydrogens (tertiary/aromatic N) is 4. The van der Waals surface area contributed by atoms with Crippen molar-refractivity contribution >= 4 is 35.0 Å². The molecule has 15 rings (SSSR count). The molecule has 4 amide bonds. The lowest BCUT2D eigenvalue weighted by Crippen LogP contribution is -2.52. The number of carbonyl (C=O) groups is 4. The molecule has 8 aliphatic rings. The SMILES string of the molecule is CC(C)[C@H](NC(=O)Oc1ccccc1)C(=O)N1C2CC2C[C@H]1c1ncc(-c2ccc(-c3ccc(-c4ccc5nc([C@@H]6CC7CC7N6C(=O)[C@@H](NC(=O)Oc6ccccc6)C(C)C)[nH]c5c4)c4c3C3CCC4C3)c3c2C2CCC3C2)[nH]1. The van der Waals surface area contributed by atoms with Crippen LogP contribution in [0.4, 0.5) is 9.59 Å². The molecule has 14 nitrogen and oxygen atoms in total. The number of para-hydroxylation sites is 2. The van der Waals surface area contributed by atoms with Crippen molar-refractivity contribution < 1.29 is 28.7 Å². The first-order valence-electron chi connectivity index (χ1n) is 29.5. The number of H-pyrrole nitrogens is 2. The van der Waals surface area contributed by atoms with E-state index in [4.69, 9.17) is 19.4 Å². The van der Waals surface area contributed by atoms with Gasteiger partial charge in [0.2, 0.25) is 11.8 Å². The van der Waals surface area contributed by atoms with Gasteiger partial charge >= 0.3 is 12.2 Å². The Labute approximate surface area is 465 Å². The van der Waals surface area contributed by atoms with Gasteiger partial charge in [0, 0.05) is 17.6 Å². The van der Waals surface area contributed by atoms with Crippen LogP contribution in [0.1, 0.15) is 162 Å². The van der Waals surface area contributed by atoms with Gasteiger partial charge < -0.3 is 39.9 Å². The summed E-state index contributed by atoms with van der Waals surface area (Å²) >= 11 is 0. The number of fused-ring (bicyclic) bond motifs is 13. The first-order valence-corrected chi connectivity index (χ1v) is 29.5. The van der Waals surface area contributed by atoms with Crippen LogP contribution in [0, 0.1) is 23.7 Å². The quantitative estimate of drug-likeness (QED) is 0.0882. The van der Waals surface area contributed by atoms with E-state index in [9.17, 15) is 19.2 Å².